The normalized spacial score (nSPS) is 10.6. The second-order valence-electron chi connectivity index (χ2n) is 3.92. The summed E-state index contributed by atoms with van der Waals surface area (Å²) in [5.41, 5.74) is 0.457. The Balaban J connectivity index is 2.97. The molecule has 0 aliphatic rings. The molecule has 0 aromatic heterocycles. The monoisotopic (exact) mass is 279 g/mol. The molecule has 0 aliphatic heterocycles. The molecular weight excluding hydrogens is 266 g/mol. The SMILES string of the molecule is COc1cc(Cl)ccc1NC(=O)C(C#N)=CN(C)C. The van der Waals surface area contributed by atoms with E-state index < -0.39 is 5.91 Å². The van der Waals surface area contributed by atoms with Crippen molar-refractivity contribution in [1.29, 1.82) is 5.26 Å². The summed E-state index contributed by atoms with van der Waals surface area (Å²) in [7, 11) is 4.93. The van der Waals surface area contributed by atoms with Crippen molar-refractivity contribution in [1.82, 2.24) is 4.90 Å². The lowest BCUT2D eigenvalue weighted by Gasteiger charge is -2.11. The molecule has 0 fully saturated rings. The van der Waals surface area contributed by atoms with Crippen molar-refractivity contribution < 1.29 is 9.53 Å². The number of nitriles is 1. The standard InChI is InChI=1S/C13H14ClN3O2/c1-17(2)8-9(7-15)13(18)16-11-5-4-10(14)6-12(11)19-3/h4-6,8H,1-3H3,(H,16,18). The highest BCUT2D eigenvalue weighted by Gasteiger charge is 2.12. The van der Waals surface area contributed by atoms with Crippen LogP contribution in [0.25, 0.3) is 0 Å². The maximum atomic E-state index is 11.9. The van der Waals surface area contributed by atoms with Gasteiger partial charge in [-0.3, -0.25) is 4.79 Å². The van der Waals surface area contributed by atoms with Crippen molar-refractivity contribution >= 4 is 23.2 Å². The summed E-state index contributed by atoms with van der Waals surface area (Å²) in [4.78, 5) is 13.5. The maximum absolute atomic E-state index is 11.9. The van der Waals surface area contributed by atoms with Crippen LogP contribution >= 0.6 is 11.6 Å². The summed E-state index contributed by atoms with van der Waals surface area (Å²) in [6, 6.07) is 6.67. The van der Waals surface area contributed by atoms with Crippen LogP contribution in [0.4, 0.5) is 5.69 Å². The third-order valence-corrected chi connectivity index (χ3v) is 2.40. The number of ether oxygens (including phenoxy) is 1. The molecule has 0 saturated carbocycles. The molecule has 19 heavy (non-hydrogen) atoms. The van der Waals surface area contributed by atoms with Crippen molar-refractivity contribution in [3.8, 4) is 11.8 Å². The van der Waals surface area contributed by atoms with E-state index in [1.807, 2.05) is 6.07 Å². The molecule has 1 rings (SSSR count). The van der Waals surface area contributed by atoms with E-state index in [1.54, 1.807) is 37.2 Å². The summed E-state index contributed by atoms with van der Waals surface area (Å²) in [6.45, 7) is 0. The Kier molecular flexibility index (Phi) is 5.22. The molecule has 1 amide bonds. The first-order valence-electron chi connectivity index (χ1n) is 5.41. The third-order valence-electron chi connectivity index (χ3n) is 2.16. The zero-order valence-corrected chi connectivity index (χ0v) is 11.7. The van der Waals surface area contributed by atoms with Gasteiger partial charge in [-0.2, -0.15) is 5.26 Å². The fraction of sp³-hybridized carbons (Fsp3) is 0.231. The number of carbonyl (C=O) groups is 1. The number of amides is 1. The average Bonchev–Trinajstić information content (AvgIpc) is 2.37. The summed E-state index contributed by atoms with van der Waals surface area (Å²) >= 11 is 5.83. The molecule has 0 spiro atoms. The first kappa shape index (κ1) is 14.9. The summed E-state index contributed by atoms with van der Waals surface area (Å²) in [5, 5.41) is 12.0. The largest absolute Gasteiger partial charge is 0.495 e. The van der Waals surface area contributed by atoms with Crippen LogP contribution in [-0.4, -0.2) is 32.0 Å². The fourth-order valence-electron chi connectivity index (χ4n) is 1.35. The number of halogens is 1. The zero-order chi connectivity index (χ0) is 14.4. The van der Waals surface area contributed by atoms with Crippen molar-refractivity contribution in [3.63, 3.8) is 0 Å². The van der Waals surface area contributed by atoms with E-state index in [0.29, 0.717) is 16.5 Å². The molecule has 6 heteroatoms. The quantitative estimate of drug-likeness (QED) is 0.678. The molecule has 0 unspecified atom stereocenters. The third kappa shape index (κ3) is 4.19. The predicted octanol–water partition coefficient (Wildman–Crippen LogP) is 2.26. The number of hydrogen-bond acceptors (Lipinski definition) is 4. The van der Waals surface area contributed by atoms with Gasteiger partial charge in [0.15, 0.2) is 0 Å². The molecule has 100 valence electrons. The maximum Gasteiger partial charge on any atom is 0.267 e. The van der Waals surface area contributed by atoms with Crippen LogP contribution in [-0.2, 0) is 4.79 Å². The van der Waals surface area contributed by atoms with Gasteiger partial charge in [-0.1, -0.05) is 11.6 Å². The second-order valence-corrected chi connectivity index (χ2v) is 4.35. The number of carbonyl (C=O) groups excluding carboxylic acids is 1. The minimum absolute atomic E-state index is 0.00185. The van der Waals surface area contributed by atoms with Gasteiger partial charge in [0, 0.05) is 31.4 Å². The van der Waals surface area contributed by atoms with Crippen molar-refractivity contribution in [2.75, 3.05) is 26.5 Å². The predicted molar refractivity (Wildman–Crippen MR) is 74.0 cm³/mol. The number of nitrogens with one attached hydrogen (secondary N) is 1. The summed E-state index contributed by atoms with van der Waals surface area (Å²) in [5.74, 6) is -0.0696. The molecule has 0 heterocycles. The number of benzene rings is 1. The van der Waals surface area contributed by atoms with Gasteiger partial charge in [0.25, 0.3) is 5.91 Å². The molecule has 0 radical (unpaired) electrons. The molecule has 1 aromatic rings. The van der Waals surface area contributed by atoms with Crippen LogP contribution in [0.5, 0.6) is 5.75 Å². The lowest BCUT2D eigenvalue weighted by molar-refractivity contribution is -0.112. The number of anilines is 1. The van der Waals surface area contributed by atoms with Crippen LogP contribution in [0.1, 0.15) is 0 Å². The Morgan fingerprint density at radius 3 is 2.74 bits per heavy atom. The van der Waals surface area contributed by atoms with Crippen LogP contribution in [0.2, 0.25) is 5.02 Å². The highest BCUT2D eigenvalue weighted by atomic mass is 35.5. The molecule has 0 aliphatic carbocycles. The number of methoxy groups -OCH3 is 1. The van der Waals surface area contributed by atoms with Gasteiger partial charge in [-0.15, -0.1) is 0 Å². The van der Waals surface area contributed by atoms with Gasteiger partial charge >= 0.3 is 0 Å². The minimum atomic E-state index is -0.503. The zero-order valence-electron chi connectivity index (χ0n) is 10.9. The molecule has 0 saturated heterocycles. The van der Waals surface area contributed by atoms with Gasteiger partial charge in [0.05, 0.1) is 12.8 Å². The first-order valence-corrected chi connectivity index (χ1v) is 5.79. The fourth-order valence-corrected chi connectivity index (χ4v) is 1.52. The summed E-state index contributed by atoms with van der Waals surface area (Å²) in [6.07, 6.45) is 1.44. The van der Waals surface area contributed by atoms with Gasteiger partial charge < -0.3 is 15.0 Å². The Labute approximate surface area is 117 Å². The first-order chi connectivity index (χ1) is 8.97. The van der Waals surface area contributed by atoms with Crippen molar-refractivity contribution in [2.45, 2.75) is 0 Å². The second kappa shape index (κ2) is 6.66. The van der Waals surface area contributed by atoms with Gasteiger partial charge in [-0.05, 0) is 12.1 Å². The lowest BCUT2D eigenvalue weighted by Crippen LogP contribution is -2.16. The van der Waals surface area contributed by atoms with Crippen molar-refractivity contribution in [3.05, 3.63) is 35.0 Å². The van der Waals surface area contributed by atoms with Crippen LogP contribution in [0.15, 0.2) is 30.0 Å². The Morgan fingerprint density at radius 1 is 1.53 bits per heavy atom. The Bertz CT molecular complexity index is 547. The number of nitrogens with zero attached hydrogens (tertiary/aromatic N) is 2. The Hall–Kier alpha value is -2.19. The molecule has 1 N–H and O–H groups in total. The number of rotatable bonds is 4. The highest BCUT2D eigenvalue weighted by Crippen LogP contribution is 2.28. The van der Waals surface area contributed by atoms with E-state index in [2.05, 4.69) is 5.32 Å². The summed E-state index contributed by atoms with van der Waals surface area (Å²) < 4.78 is 5.11. The lowest BCUT2D eigenvalue weighted by atomic mass is 10.2. The van der Waals surface area contributed by atoms with E-state index in [0.717, 1.165) is 0 Å². The molecule has 1 aromatic carbocycles. The van der Waals surface area contributed by atoms with E-state index in [-0.39, 0.29) is 5.57 Å². The van der Waals surface area contributed by atoms with Gasteiger partial charge in [0.2, 0.25) is 0 Å². The molecular formula is C13H14ClN3O2. The van der Waals surface area contributed by atoms with E-state index in [1.165, 1.54) is 13.3 Å². The minimum Gasteiger partial charge on any atom is -0.495 e. The Morgan fingerprint density at radius 2 is 2.21 bits per heavy atom. The van der Waals surface area contributed by atoms with Crippen molar-refractivity contribution in [2.24, 2.45) is 0 Å². The smallest absolute Gasteiger partial charge is 0.267 e. The molecule has 0 atom stereocenters. The van der Waals surface area contributed by atoms with Gasteiger partial charge in [-0.25, -0.2) is 0 Å². The molecule has 0 bridgehead atoms. The van der Waals surface area contributed by atoms with Gasteiger partial charge in [0.1, 0.15) is 17.4 Å². The van der Waals surface area contributed by atoms with Crippen LogP contribution in [0.3, 0.4) is 0 Å². The average molecular weight is 280 g/mol. The number of hydrogen-bond donors (Lipinski definition) is 1. The van der Waals surface area contributed by atoms with Crippen LogP contribution < -0.4 is 10.1 Å². The molecule has 5 nitrogen and oxygen atoms in total. The topological polar surface area (TPSA) is 65.4 Å². The van der Waals surface area contributed by atoms with Crippen LogP contribution in [0, 0.1) is 11.3 Å². The van der Waals surface area contributed by atoms with E-state index >= 15 is 0 Å². The van der Waals surface area contributed by atoms with E-state index in [4.69, 9.17) is 21.6 Å². The highest BCUT2D eigenvalue weighted by molar-refractivity contribution is 6.30. The van der Waals surface area contributed by atoms with E-state index in [9.17, 15) is 4.79 Å².